The van der Waals surface area contributed by atoms with Crippen molar-refractivity contribution in [2.24, 2.45) is 0 Å². The largest absolute Gasteiger partial charge is 0.309 e. The summed E-state index contributed by atoms with van der Waals surface area (Å²) >= 11 is 5.20. The average Bonchev–Trinajstić information content (AvgIpc) is 2.75. The number of aromatic nitrogens is 1. The maximum Gasteiger partial charge on any atom is 0.123 e. The van der Waals surface area contributed by atoms with Crippen molar-refractivity contribution in [1.29, 1.82) is 0 Å². The zero-order valence-electron chi connectivity index (χ0n) is 10.8. The molecule has 18 heavy (non-hydrogen) atoms. The number of nitrogens with zero attached hydrogens (tertiary/aromatic N) is 1. The molecule has 0 radical (unpaired) electrons. The lowest BCUT2D eigenvalue weighted by Crippen LogP contribution is -2.21. The highest BCUT2D eigenvalue weighted by molar-refractivity contribution is 9.10. The molecule has 0 aliphatic rings. The number of hydrogen-bond donors (Lipinski definition) is 1. The molecule has 0 saturated heterocycles. The standard InChI is InChI=1S/C14H17BrN2S/c1-9(2)16-7-12-8-18-14(17-12)13-5-4-11(15)6-10(13)3/h4-6,8-9,16H,7H2,1-3H3. The fourth-order valence-electron chi connectivity index (χ4n) is 1.69. The van der Waals surface area contributed by atoms with Gasteiger partial charge in [-0.1, -0.05) is 35.8 Å². The summed E-state index contributed by atoms with van der Waals surface area (Å²) < 4.78 is 1.11. The third-order valence-electron chi connectivity index (χ3n) is 2.66. The first-order valence-corrected chi connectivity index (χ1v) is 7.68. The zero-order chi connectivity index (χ0) is 13.1. The van der Waals surface area contributed by atoms with Crippen molar-refractivity contribution in [1.82, 2.24) is 10.3 Å². The van der Waals surface area contributed by atoms with Gasteiger partial charge in [0.1, 0.15) is 5.01 Å². The predicted molar refractivity (Wildman–Crippen MR) is 82.0 cm³/mol. The highest BCUT2D eigenvalue weighted by atomic mass is 79.9. The van der Waals surface area contributed by atoms with Crippen molar-refractivity contribution in [3.8, 4) is 10.6 Å². The van der Waals surface area contributed by atoms with Crippen molar-refractivity contribution in [3.63, 3.8) is 0 Å². The van der Waals surface area contributed by atoms with E-state index in [0.717, 1.165) is 21.7 Å². The Kier molecular flexibility index (Phi) is 4.54. The van der Waals surface area contributed by atoms with Crippen LogP contribution < -0.4 is 5.32 Å². The number of aryl methyl sites for hydroxylation is 1. The van der Waals surface area contributed by atoms with Gasteiger partial charge in [0.05, 0.1) is 5.69 Å². The van der Waals surface area contributed by atoms with Crippen LogP contribution in [0.2, 0.25) is 0 Å². The molecule has 0 atom stereocenters. The summed E-state index contributed by atoms with van der Waals surface area (Å²) in [5.41, 5.74) is 3.59. The predicted octanol–water partition coefficient (Wildman–Crippen LogP) is 4.38. The Balaban J connectivity index is 2.18. The Morgan fingerprint density at radius 2 is 2.17 bits per heavy atom. The van der Waals surface area contributed by atoms with Crippen molar-refractivity contribution in [3.05, 3.63) is 39.3 Å². The third kappa shape index (κ3) is 3.40. The molecule has 0 fully saturated rings. The maximum atomic E-state index is 4.68. The summed E-state index contributed by atoms with van der Waals surface area (Å²) in [5, 5.41) is 6.62. The number of rotatable bonds is 4. The third-order valence-corrected chi connectivity index (χ3v) is 4.08. The molecule has 0 bridgehead atoms. The Labute approximate surface area is 121 Å². The van der Waals surface area contributed by atoms with Gasteiger partial charge in [0.15, 0.2) is 0 Å². The summed E-state index contributed by atoms with van der Waals surface area (Å²) in [7, 11) is 0. The van der Waals surface area contributed by atoms with Gasteiger partial charge in [0.25, 0.3) is 0 Å². The van der Waals surface area contributed by atoms with Gasteiger partial charge in [-0.2, -0.15) is 0 Å². The number of hydrogen-bond acceptors (Lipinski definition) is 3. The van der Waals surface area contributed by atoms with Crippen LogP contribution in [0.25, 0.3) is 10.6 Å². The van der Waals surface area contributed by atoms with Crippen LogP contribution >= 0.6 is 27.3 Å². The molecule has 2 nitrogen and oxygen atoms in total. The number of nitrogens with one attached hydrogen (secondary N) is 1. The summed E-state index contributed by atoms with van der Waals surface area (Å²) in [6, 6.07) is 6.81. The van der Waals surface area contributed by atoms with E-state index in [1.54, 1.807) is 11.3 Å². The second kappa shape index (κ2) is 5.95. The molecule has 4 heteroatoms. The van der Waals surface area contributed by atoms with Gasteiger partial charge < -0.3 is 5.32 Å². The average molecular weight is 325 g/mol. The van der Waals surface area contributed by atoms with Crippen LogP contribution in [0.4, 0.5) is 0 Å². The minimum atomic E-state index is 0.490. The molecule has 0 spiro atoms. The van der Waals surface area contributed by atoms with Crippen LogP contribution in [-0.4, -0.2) is 11.0 Å². The monoisotopic (exact) mass is 324 g/mol. The van der Waals surface area contributed by atoms with E-state index in [2.05, 4.69) is 70.6 Å². The van der Waals surface area contributed by atoms with E-state index in [4.69, 9.17) is 0 Å². The fraction of sp³-hybridized carbons (Fsp3) is 0.357. The number of benzene rings is 1. The van der Waals surface area contributed by atoms with Crippen LogP contribution in [-0.2, 0) is 6.54 Å². The normalized spacial score (nSPS) is 11.2. The van der Waals surface area contributed by atoms with Gasteiger partial charge in [0.2, 0.25) is 0 Å². The van der Waals surface area contributed by atoms with Gasteiger partial charge >= 0.3 is 0 Å². The molecule has 0 aliphatic carbocycles. The molecule has 2 rings (SSSR count). The molecule has 1 aromatic heterocycles. The van der Waals surface area contributed by atoms with Crippen LogP contribution in [0.3, 0.4) is 0 Å². The van der Waals surface area contributed by atoms with Gasteiger partial charge in [-0.25, -0.2) is 4.98 Å². The molecule has 1 heterocycles. The topological polar surface area (TPSA) is 24.9 Å². The van der Waals surface area contributed by atoms with Gasteiger partial charge in [0, 0.05) is 28.0 Å². The zero-order valence-corrected chi connectivity index (χ0v) is 13.2. The molecule has 1 aromatic carbocycles. The van der Waals surface area contributed by atoms with Crippen LogP contribution in [0.5, 0.6) is 0 Å². The first-order valence-electron chi connectivity index (χ1n) is 6.00. The van der Waals surface area contributed by atoms with Crippen molar-refractivity contribution < 1.29 is 0 Å². The Hall–Kier alpha value is -0.710. The van der Waals surface area contributed by atoms with Crippen LogP contribution in [0, 0.1) is 6.92 Å². The molecular formula is C14H17BrN2S. The SMILES string of the molecule is Cc1cc(Br)ccc1-c1nc(CNC(C)C)cs1. The van der Waals surface area contributed by atoms with E-state index in [0.29, 0.717) is 6.04 Å². The van der Waals surface area contributed by atoms with Crippen LogP contribution in [0.1, 0.15) is 25.1 Å². The molecule has 2 aromatic rings. The minimum absolute atomic E-state index is 0.490. The first-order chi connectivity index (χ1) is 8.56. The van der Waals surface area contributed by atoms with E-state index < -0.39 is 0 Å². The maximum absolute atomic E-state index is 4.68. The van der Waals surface area contributed by atoms with E-state index in [9.17, 15) is 0 Å². The van der Waals surface area contributed by atoms with Crippen LogP contribution in [0.15, 0.2) is 28.1 Å². The van der Waals surface area contributed by atoms with E-state index >= 15 is 0 Å². The molecule has 1 N–H and O–H groups in total. The minimum Gasteiger partial charge on any atom is -0.309 e. The van der Waals surface area contributed by atoms with Crippen molar-refractivity contribution in [2.45, 2.75) is 33.4 Å². The molecule has 96 valence electrons. The van der Waals surface area contributed by atoms with E-state index in [1.165, 1.54) is 11.1 Å². The van der Waals surface area contributed by atoms with E-state index in [1.807, 2.05) is 0 Å². The quantitative estimate of drug-likeness (QED) is 0.902. The van der Waals surface area contributed by atoms with Gasteiger partial charge in [-0.05, 0) is 24.6 Å². The lowest BCUT2D eigenvalue weighted by molar-refractivity contribution is 0.583. The molecule has 0 unspecified atom stereocenters. The highest BCUT2D eigenvalue weighted by Crippen LogP contribution is 2.28. The Bertz CT molecular complexity index is 534. The lowest BCUT2D eigenvalue weighted by Gasteiger charge is -2.05. The summed E-state index contributed by atoms with van der Waals surface area (Å²) in [6.45, 7) is 7.25. The van der Waals surface area contributed by atoms with Crippen molar-refractivity contribution >= 4 is 27.3 Å². The summed E-state index contributed by atoms with van der Waals surface area (Å²) in [6.07, 6.45) is 0. The van der Waals surface area contributed by atoms with Gasteiger partial charge in [-0.3, -0.25) is 0 Å². The summed E-state index contributed by atoms with van der Waals surface area (Å²) in [5.74, 6) is 0. The molecule has 0 amide bonds. The molecule has 0 aliphatic heterocycles. The van der Waals surface area contributed by atoms with Crippen molar-refractivity contribution in [2.75, 3.05) is 0 Å². The van der Waals surface area contributed by atoms with Gasteiger partial charge in [-0.15, -0.1) is 11.3 Å². The Morgan fingerprint density at radius 1 is 1.39 bits per heavy atom. The second-order valence-electron chi connectivity index (χ2n) is 4.64. The number of thiazole rings is 1. The first kappa shape index (κ1) is 13.7. The lowest BCUT2D eigenvalue weighted by atomic mass is 10.1. The Morgan fingerprint density at radius 3 is 2.83 bits per heavy atom. The molecule has 0 saturated carbocycles. The molecular weight excluding hydrogens is 308 g/mol. The smallest absolute Gasteiger partial charge is 0.123 e. The fourth-order valence-corrected chi connectivity index (χ4v) is 3.07. The number of halogens is 1. The van der Waals surface area contributed by atoms with E-state index in [-0.39, 0.29) is 0 Å². The summed E-state index contributed by atoms with van der Waals surface area (Å²) in [4.78, 5) is 4.68. The highest BCUT2D eigenvalue weighted by Gasteiger charge is 2.08. The second-order valence-corrected chi connectivity index (χ2v) is 6.41.